The molecule has 0 aromatic carbocycles. The Morgan fingerprint density at radius 2 is 1.70 bits per heavy atom. The van der Waals surface area contributed by atoms with Crippen molar-refractivity contribution in [1.29, 1.82) is 0 Å². The van der Waals surface area contributed by atoms with Gasteiger partial charge in [-0.2, -0.15) is 0 Å². The molecule has 0 rings (SSSR count). The summed E-state index contributed by atoms with van der Waals surface area (Å²) in [5.41, 5.74) is 10.8. The lowest BCUT2D eigenvalue weighted by atomic mass is 10.2. The summed E-state index contributed by atoms with van der Waals surface area (Å²) in [6.45, 7) is 4.40. The summed E-state index contributed by atoms with van der Waals surface area (Å²) >= 11 is 0. The normalized spacial score (nSPS) is 10.8. The van der Waals surface area contributed by atoms with Crippen molar-refractivity contribution in [3.63, 3.8) is 0 Å². The van der Waals surface area contributed by atoms with E-state index in [1.54, 1.807) is 0 Å². The lowest BCUT2D eigenvalue weighted by molar-refractivity contribution is 0.283. The third kappa shape index (κ3) is 4.73. The molecule has 0 spiro atoms. The topological polar surface area (TPSA) is 55.3 Å². The summed E-state index contributed by atoms with van der Waals surface area (Å²) in [6, 6.07) is 0. The smallest absolute Gasteiger partial charge is 0.0467 e. The molecule has 0 atom stereocenters. The molecule has 3 heteroatoms. The molecule has 0 saturated carbocycles. The van der Waals surface area contributed by atoms with E-state index in [1.165, 1.54) is 19.3 Å². The molecule has 3 nitrogen and oxygen atoms in total. The van der Waals surface area contributed by atoms with Crippen LogP contribution in [-0.2, 0) is 0 Å². The molecule has 62 valence electrons. The van der Waals surface area contributed by atoms with Gasteiger partial charge in [0.1, 0.15) is 0 Å². The Balaban J connectivity index is 3.09. The van der Waals surface area contributed by atoms with Crippen molar-refractivity contribution in [2.24, 2.45) is 11.5 Å². The van der Waals surface area contributed by atoms with Crippen LogP contribution in [0.1, 0.15) is 26.2 Å². The quantitative estimate of drug-likeness (QED) is 0.418. The van der Waals surface area contributed by atoms with Crippen LogP contribution in [0.25, 0.3) is 0 Å². The summed E-state index contributed by atoms with van der Waals surface area (Å²) in [5.74, 6) is 0. The van der Waals surface area contributed by atoms with Gasteiger partial charge in [-0.05, 0) is 6.42 Å². The average molecular weight is 145 g/mol. The maximum Gasteiger partial charge on any atom is 0.0467 e. The maximum absolute atomic E-state index is 5.41. The second-order valence-electron chi connectivity index (χ2n) is 2.47. The highest BCUT2D eigenvalue weighted by Gasteiger charge is 1.96. The largest absolute Gasteiger partial charge is 0.318 e. The fourth-order valence-electron chi connectivity index (χ4n) is 0.843. The van der Waals surface area contributed by atoms with Gasteiger partial charge in [-0.25, -0.2) is 0 Å². The Morgan fingerprint density at radius 3 is 2.10 bits per heavy atom. The van der Waals surface area contributed by atoms with E-state index >= 15 is 0 Å². The molecule has 0 aliphatic rings. The average Bonchev–Trinajstić information content (AvgIpc) is 1.99. The van der Waals surface area contributed by atoms with Crippen LogP contribution >= 0.6 is 0 Å². The van der Waals surface area contributed by atoms with Gasteiger partial charge in [-0.1, -0.05) is 19.8 Å². The van der Waals surface area contributed by atoms with Crippen molar-refractivity contribution >= 4 is 0 Å². The zero-order valence-corrected chi connectivity index (χ0v) is 6.84. The van der Waals surface area contributed by atoms with Crippen molar-refractivity contribution < 1.29 is 0 Å². The van der Waals surface area contributed by atoms with Crippen LogP contribution in [0.15, 0.2) is 0 Å². The van der Waals surface area contributed by atoms with E-state index in [4.69, 9.17) is 11.5 Å². The van der Waals surface area contributed by atoms with Gasteiger partial charge >= 0.3 is 0 Å². The van der Waals surface area contributed by atoms with Crippen LogP contribution in [0.5, 0.6) is 0 Å². The van der Waals surface area contributed by atoms with Gasteiger partial charge in [0.25, 0.3) is 0 Å². The van der Waals surface area contributed by atoms with Crippen LogP contribution in [0.4, 0.5) is 0 Å². The molecule has 4 N–H and O–H groups in total. The van der Waals surface area contributed by atoms with Gasteiger partial charge in [0.2, 0.25) is 0 Å². The minimum atomic E-state index is 0.584. The first-order valence-electron chi connectivity index (χ1n) is 3.97. The van der Waals surface area contributed by atoms with E-state index < -0.39 is 0 Å². The van der Waals surface area contributed by atoms with Crippen molar-refractivity contribution in [2.45, 2.75) is 26.2 Å². The van der Waals surface area contributed by atoms with Gasteiger partial charge in [0.15, 0.2) is 0 Å². The first-order valence-corrected chi connectivity index (χ1v) is 3.97. The molecule has 0 heterocycles. The number of hydrogen-bond donors (Lipinski definition) is 2. The molecule has 0 aromatic heterocycles. The van der Waals surface area contributed by atoms with Gasteiger partial charge in [0, 0.05) is 19.9 Å². The SMILES string of the molecule is CCCCCN(CN)CN. The summed E-state index contributed by atoms with van der Waals surface area (Å²) in [5, 5.41) is 0. The number of unbranched alkanes of at least 4 members (excludes halogenated alkanes) is 2. The molecule has 0 amide bonds. The molecular weight excluding hydrogens is 126 g/mol. The molecule has 0 fully saturated rings. The molecular formula is C7H19N3. The van der Waals surface area contributed by atoms with E-state index in [2.05, 4.69) is 6.92 Å². The highest BCUT2D eigenvalue weighted by Crippen LogP contribution is 1.94. The number of rotatable bonds is 6. The molecule has 10 heavy (non-hydrogen) atoms. The first-order chi connectivity index (χ1) is 4.85. The van der Waals surface area contributed by atoms with Crippen molar-refractivity contribution in [3.8, 4) is 0 Å². The third-order valence-corrected chi connectivity index (χ3v) is 1.59. The fourth-order valence-corrected chi connectivity index (χ4v) is 0.843. The van der Waals surface area contributed by atoms with Crippen LogP contribution in [0, 0.1) is 0 Å². The Morgan fingerprint density at radius 1 is 1.10 bits per heavy atom. The van der Waals surface area contributed by atoms with Gasteiger partial charge < -0.3 is 11.5 Å². The Bertz CT molecular complexity index is 61.9. The van der Waals surface area contributed by atoms with Crippen molar-refractivity contribution in [3.05, 3.63) is 0 Å². The molecule has 0 radical (unpaired) electrons. The molecule has 0 bridgehead atoms. The van der Waals surface area contributed by atoms with Crippen molar-refractivity contribution in [2.75, 3.05) is 19.9 Å². The minimum absolute atomic E-state index is 0.584. The number of nitrogens with two attached hydrogens (primary N) is 2. The second-order valence-corrected chi connectivity index (χ2v) is 2.47. The molecule has 0 saturated heterocycles. The molecule has 0 unspecified atom stereocenters. The van der Waals surface area contributed by atoms with E-state index in [9.17, 15) is 0 Å². The summed E-state index contributed by atoms with van der Waals surface area (Å²) in [4.78, 5) is 2.04. The van der Waals surface area contributed by atoms with Gasteiger partial charge in [-0.3, -0.25) is 4.90 Å². The third-order valence-electron chi connectivity index (χ3n) is 1.59. The highest BCUT2D eigenvalue weighted by molar-refractivity contribution is 4.49. The van der Waals surface area contributed by atoms with E-state index in [0.717, 1.165) is 6.54 Å². The predicted octanol–water partition coefficient (Wildman–Crippen LogP) is 0.311. The summed E-state index contributed by atoms with van der Waals surface area (Å²) in [6.07, 6.45) is 3.74. The first kappa shape index (κ1) is 9.88. The van der Waals surface area contributed by atoms with Gasteiger partial charge in [-0.15, -0.1) is 0 Å². The van der Waals surface area contributed by atoms with E-state index in [0.29, 0.717) is 13.3 Å². The Hall–Kier alpha value is -0.120. The molecule has 0 aromatic rings. The van der Waals surface area contributed by atoms with Gasteiger partial charge in [0.05, 0.1) is 0 Å². The maximum atomic E-state index is 5.41. The van der Waals surface area contributed by atoms with Crippen LogP contribution in [0.2, 0.25) is 0 Å². The lowest BCUT2D eigenvalue weighted by Crippen LogP contribution is -2.35. The van der Waals surface area contributed by atoms with Crippen LogP contribution < -0.4 is 11.5 Å². The predicted molar refractivity (Wildman–Crippen MR) is 44.3 cm³/mol. The van der Waals surface area contributed by atoms with Crippen molar-refractivity contribution in [1.82, 2.24) is 4.90 Å². The molecule has 0 aliphatic carbocycles. The zero-order valence-electron chi connectivity index (χ0n) is 6.84. The monoisotopic (exact) mass is 145 g/mol. The Labute approximate surface area is 63.4 Å². The fraction of sp³-hybridized carbons (Fsp3) is 1.00. The number of nitrogens with zero attached hydrogens (tertiary/aromatic N) is 1. The molecule has 0 aliphatic heterocycles. The Kier molecular flexibility index (Phi) is 6.91. The highest BCUT2D eigenvalue weighted by atomic mass is 15.2. The van der Waals surface area contributed by atoms with E-state index in [-0.39, 0.29) is 0 Å². The van der Waals surface area contributed by atoms with Crippen LogP contribution in [0.3, 0.4) is 0 Å². The second kappa shape index (κ2) is 6.99. The van der Waals surface area contributed by atoms with E-state index in [1.807, 2.05) is 4.90 Å². The minimum Gasteiger partial charge on any atom is -0.318 e. The zero-order chi connectivity index (χ0) is 7.82. The van der Waals surface area contributed by atoms with Crippen LogP contribution in [-0.4, -0.2) is 24.8 Å². The summed E-state index contributed by atoms with van der Waals surface area (Å²) in [7, 11) is 0. The lowest BCUT2D eigenvalue weighted by Gasteiger charge is -2.16. The summed E-state index contributed by atoms with van der Waals surface area (Å²) < 4.78 is 0. The number of hydrogen-bond acceptors (Lipinski definition) is 3. The standard InChI is InChI=1S/C7H19N3/c1-2-3-4-5-10(6-8)7-9/h2-9H2,1H3.